The zero-order chi connectivity index (χ0) is 18.5. The summed E-state index contributed by atoms with van der Waals surface area (Å²) in [6.45, 7) is 0. The van der Waals surface area contributed by atoms with E-state index >= 15 is 0 Å². The molecule has 0 aromatic heterocycles. The second kappa shape index (κ2) is 7.83. The van der Waals surface area contributed by atoms with Gasteiger partial charge in [-0.05, 0) is 36.8 Å². The average Bonchev–Trinajstić information content (AvgIpc) is 2.73. The van der Waals surface area contributed by atoms with Crippen molar-refractivity contribution in [3.05, 3.63) is 95.7 Å². The fourth-order valence-corrected chi connectivity index (χ4v) is 3.12. The summed E-state index contributed by atoms with van der Waals surface area (Å²) in [6, 6.07) is 18.2. The summed E-state index contributed by atoms with van der Waals surface area (Å²) in [4.78, 5) is 29.0. The summed E-state index contributed by atoms with van der Waals surface area (Å²) >= 11 is 0. The number of nitrogens with zero attached hydrogens (tertiary/aromatic N) is 2. The molecule has 0 saturated heterocycles. The smallest absolute Gasteiger partial charge is 0.257 e. The Balaban J connectivity index is 1.83. The van der Waals surface area contributed by atoms with Crippen LogP contribution >= 0.6 is 0 Å². The summed E-state index contributed by atoms with van der Waals surface area (Å²) in [5.41, 5.74) is 2.08. The van der Waals surface area contributed by atoms with Crippen molar-refractivity contribution in [1.29, 1.82) is 0 Å². The van der Waals surface area contributed by atoms with Gasteiger partial charge in [-0.25, -0.2) is 0 Å². The second-order valence-electron chi connectivity index (χ2n) is 6.28. The molecule has 0 heterocycles. The molecular weight excluding hydrogens is 324 g/mol. The Hall–Kier alpha value is -3.14. The Kier molecular flexibility index (Phi) is 5.32. The molecule has 1 unspecified atom stereocenters. The van der Waals surface area contributed by atoms with Gasteiger partial charge in [0, 0.05) is 30.9 Å². The van der Waals surface area contributed by atoms with Gasteiger partial charge in [0.05, 0.1) is 6.04 Å². The molecule has 2 aromatic rings. The molecule has 2 aromatic carbocycles. The van der Waals surface area contributed by atoms with Gasteiger partial charge < -0.3 is 9.80 Å². The highest BCUT2D eigenvalue weighted by Gasteiger charge is 2.29. The van der Waals surface area contributed by atoms with Crippen LogP contribution in [0.2, 0.25) is 0 Å². The molecule has 0 bridgehead atoms. The van der Waals surface area contributed by atoms with Crippen molar-refractivity contribution in [3.8, 4) is 0 Å². The summed E-state index contributed by atoms with van der Waals surface area (Å²) in [5, 5.41) is 0. The van der Waals surface area contributed by atoms with Crippen molar-refractivity contribution in [1.82, 2.24) is 9.80 Å². The van der Waals surface area contributed by atoms with E-state index < -0.39 is 0 Å². The zero-order valence-corrected chi connectivity index (χ0v) is 15.0. The van der Waals surface area contributed by atoms with Crippen LogP contribution in [-0.4, -0.2) is 41.8 Å². The van der Waals surface area contributed by atoms with Crippen LogP contribution in [0, 0.1) is 0 Å². The predicted octanol–water partition coefficient (Wildman–Crippen LogP) is 3.74. The molecule has 4 heteroatoms. The van der Waals surface area contributed by atoms with Crippen LogP contribution in [0.4, 0.5) is 0 Å². The summed E-state index contributed by atoms with van der Waals surface area (Å²) in [6.07, 6.45) is 6.53. The molecule has 0 saturated carbocycles. The highest BCUT2D eigenvalue weighted by atomic mass is 16.2. The number of hydrogen-bond donors (Lipinski definition) is 0. The molecule has 4 nitrogen and oxygen atoms in total. The third kappa shape index (κ3) is 3.59. The second-order valence-corrected chi connectivity index (χ2v) is 6.28. The Bertz CT molecular complexity index is 841. The first-order valence-corrected chi connectivity index (χ1v) is 8.61. The van der Waals surface area contributed by atoms with Gasteiger partial charge in [-0.15, -0.1) is 0 Å². The molecule has 2 amide bonds. The van der Waals surface area contributed by atoms with Crippen LogP contribution in [0.15, 0.2) is 84.6 Å². The maximum absolute atomic E-state index is 12.8. The van der Waals surface area contributed by atoms with E-state index in [1.807, 2.05) is 54.6 Å². The third-order valence-corrected chi connectivity index (χ3v) is 4.63. The Morgan fingerprint density at radius 1 is 0.846 bits per heavy atom. The van der Waals surface area contributed by atoms with Crippen molar-refractivity contribution in [2.45, 2.75) is 12.5 Å². The Labute approximate surface area is 154 Å². The molecule has 0 fully saturated rings. The number of carbonyl (C=O) groups is 2. The predicted molar refractivity (Wildman–Crippen MR) is 103 cm³/mol. The fourth-order valence-electron chi connectivity index (χ4n) is 3.12. The number of allylic oxidation sites excluding steroid dienone is 2. The van der Waals surface area contributed by atoms with E-state index in [0.717, 1.165) is 5.70 Å². The van der Waals surface area contributed by atoms with Crippen LogP contribution in [0.5, 0.6) is 0 Å². The van der Waals surface area contributed by atoms with Gasteiger partial charge in [0.15, 0.2) is 0 Å². The summed E-state index contributed by atoms with van der Waals surface area (Å²) in [5.74, 6) is -0.143. The Morgan fingerprint density at radius 2 is 1.38 bits per heavy atom. The molecule has 3 rings (SSSR count). The van der Waals surface area contributed by atoms with E-state index in [-0.39, 0.29) is 17.9 Å². The molecule has 1 aliphatic rings. The highest BCUT2D eigenvalue weighted by Crippen LogP contribution is 2.24. The van der Waals surface area contributed by atoms with Gasteiger partial charge in [-0.1, -0.05) is 48.6 Å². The van der Waals surface area contributed by atoms with Gasteiger partial charge >= 0.3 is 0 Å². The number of amides is 2. The van der Waals surface area contributed by atoms with Crippen LogP contribution in [0.3, 0.4) is 0 Å². The fraction of sp³-hybridized carbons (Fsp3) is 0.182. The summed E-state index contributed by atoms with van der Waals surface area (Å²) in [7, 11) is 3.54. The lowest BCUT2D eigenvalue weighted by molar-refractivity contribution is 0.0698. The van der Waals surface area contributed by atoms with Crippen molar-refractivity contribution in [3.63, 3.8) is 0 Å². The Morgan fingerprint density at radius 3 is 1.96 bits per heavy atom. The lowest BCUT2D eigenvalue weighted by atomic mass is 10.0. The van der Waals surface area contributed by atoms with Gasteiger partial charge in [0.25, 0.3) is 11.8 Å². The van der Waals surface area contributed by atoms with E-state index in [4.69, 9.17) is 0 Å². The molecule has 0 radical (unpaired) electrons. The van der Waals surface area contributed by atoms with Gasteiger partial charge in [-0.2, -0.15) is 0 Å². The van der Waals surface area contributed by atoms with Crippen molar-refractivity contribution < 1.29 is 9.59 Å². The minimum Gasteiger partial charge on any atom is -0.333 e. The number of likely N-dealkylation sites (N-methyl/N-ethyl adjacent to an activating group) is 2. The van der Waals surface area contributed by atoms with E-state index in [9.17, 15) is 9.59 Å². The van der Waals surface area contributed by atoms with Crippen LogP contribution in [0.1, 0.15) is 27.1 Å². The first kappa shape index (κ1) is 17.7. The molecular formula is C22H22N2O2. The van der Waals surface area contributed by atoms with Crippen molar-refractivity contribution >= 4 is 11.8 Å². The quantitative estimate of drug-likeness (QED) is 0.846. The standard InChI is InChI=1S/C22H22N2O2/c1-23(21(25)17-11-5-3-6-12-17)19-15-9-10-16-20(19)24(2)22(26)18-13-7-4-8-14-18/h3-15,20H,16H2,1-2H3. The largest absolute Gasteiger partial charge is 0.333 e. The van der Waals surface area contributed by atoms with E-state index in [0.29, 0.717) is 17.5 Å². The van der Waals surface area contributed by atoms with E-state index in [1.54, 1.807) is 48.2 Å². The normalized spacial score (nSPS) is 15.9. The molecule has 0 spiro atoms. The van der Waals surface area contributed by atoms with Gasteiger partial charge in [-0.3, -0.25) is 9.59 Å². The van der Waals surface area contributed by atoms with Gasteiger partial charge in [0.2, 0.25) is 0 Å². The average molecular weight is 346 g/mol. The van der Waals surface area contributed by atoms with Crippen molar-refractivity contribution in [2.24, 2.45) is 0 Å². The molecule has 132 valence electrons. The van der Waals surface area contributed by atoms with Crippen LogP contribution < -0.4 is 0 Å². The van der Waals surface area contributed by atoms with Crippen molar-refractivity contribution in [2.75, 3.05) is 14.1 Å². The topological polar surface area (TPSA) is 40.6 Å². The summed E-state index contributed by atoms with van der Waals surface area (Å²) < 4.78 is 0. The molecule has 0 aliphatic heterocycles. The highest BCUT2D eigenvalue weighted by molar-refractivity contribution is 5.96. The molecule has 26 heavy (non-hydrogen) atoms. The lowest BCUT2D eigenvalue weighted by Gasteiger charge is -2.35. The first-order valence-electron chi connectivity index (χ1n) is 8.61. The SMILES string of the molecule is CN(C(=O)c1ccccc1)C1=CC=CCC1N(C)C(=O)c1ccccc1. The number of hydrogen-bond acceptors (Lipinski definition) is 2. The maximum atomic E-state index is 12.8. The lowest BCUT2D eigenvalue weighted by Crippen LogP contribution is -2.44. The van der Waals surface area contributed by atoms with Crippen LogP contribution in [-0.2, 0) is 0 Å². The number of benzene rings is 2. The number of carbonyl (C=O) groups excluding carboxylic acids is 2. The molecule has 1 aliphatic carbocycles. The third-order valence-electron chi connectivity index (χ3n) is 4.63. The van der Waals surface area contributed by atoms with Crippen LogP contribution in [0.25, 0.3) is 0 Å². The maximum Gasteiger partial charge on any atom is 0.257 e. The van der Waals surface area contributed by atoms with E-state index in [2.05, 4.69) is 0 Å². The molecule has 0 N–H and O–H groups in total. The minimum atomic E-state index is -0.189. The van der Waals surface area contributed by atoms with E-state index in [1.165, 1.54) is 0 Å². The number of rotatable bonds is 4. The monoisotopic (exact) mass is 346 g/mol. The first-order chi connectivity index (χ1) is 12.6. The zero-order valence-electron chi connectivity index (χ0n) is 15.0. The minimum absolute atomic E-state index is 0.0580. The van der Waals surface area contributed by atoms with Gasteiger partial charge in [0.1, 0.15) is 0 Å². The molecule has 1 atom stereocenters.